The summed E-state index contributed by atoms with van der Waals surface area (Å²) >= 11 is 7.35. The molecule has 1 atom stereocenters. The van der Waals surface area contributed by atoms with Gasteiger partial charge in [-0.15, -0.1) is 22.9 Å². The highest BCUT2D eigenvalue weighted by Crippen LogP contribution is 2.26. The average Bonchev–Trinajstić information content (AvgIpc) is 2.84. The molecule has 0 fully saturated rings. The highest BCUT2D eigenvalue weighted by Gasteiger charge is 2.21. The van der Waals surface area contributed by atoms with Gasteiger partial charge in [-0.25, -0.2) is 8.42 Å². The van der Waals surface area contributed by atoms with Crippen LogP contribution in [0.15, 0.2) is 52.1 Å². The Morgan fingerprint density at radius 1 is 1.12 bits per heavy atom. The number of sulfone groups is 1. The van der Waals surface area contributed by atoms with Crippen LogP contribution in [0.5, 0.6) is 0 Å². The molecule has 0 spiro atoms. The molecular weight excluding hydrogens is 276 g/mol. The van der Waals surface area contributed by atoms with Gasteiger partial charge in [-0.05, 0) is 17.0 Å². The molecule has 0 aliphatic rings. The van der Waals surface area contributed by atoms with E-state index in [9.17, 15) is 8.42 Å². The van der Waals surface area contributed by atoms with E-state index in [1.54, 1.807) is 17.5 Å². The zero-order valence-electron chi connectivity index (χ0n) is 8.91. The van der Waals surface area contributed by atoms with Crippen molar-refractivity contribution in [2.75, 3.05) is 5.75 Å². The first-order chi connectivity index (χ1) is 8.09. The number of hydrogen-bond acceptors (Lipinski definition) is 3. The lowest BCUT2D eigenvalue weighted by atomic mass is 10.2. The first-order valence-electron chi connectivity index (χ1n) is 5.05. The molecule has 0 radical (unpaired) electrons. The van der Waals surface area contributed by atoms with Crippen LogP contribution in [0.4, 0.5) is 0 Å². The smallest absolute Gasteiger partial charge is 0.189 e. The molecule has 0 saturated carbocycles. The van der Waals surface area contributed by atoms with Gasteiger partial charge >= 0.3 is 0 Å². The third-order valence-electron chi connectivity index (χ3n) is 2.33. The van der Waals surface area contributed by atoms with Crippen LogP contribution in [-0.2, 0) is 9.84 Å². The fourth-order valence-corrected chi connectivity index (χ4v) is 4.55. The van der Waals surface area contributed by atoms with E-state index in [0.717, 1.165) is 5.56 Å². The zero-order valence-corrected chi connectivity index (χ0v) is 11.3. The molecule has 0 saturated heterocycles. The summed E-state index contributed by atoms with van der Waals surface area (Å²) in [4.78, 5) is 0. The molecule has 2 aromatic rings. The van der Waals surface area contributed by atoms with Gasteiger partial charge < -0.3 is 0 Å². The Bertz CT molecular complexity index is 562. The minimum atomic E-state index is -3.28. The number of hydrogen-bond donors (Lipinski definition) is 0. The quantitative estimate of drug-likeness (QED) is 0.806. The van der Waals surface area contributed by atoms with E-state index in [0.29, 0.717) is 4.21 Å². The van der Waals surface area contributed by atoms with Gasteiger partial charge in [0.05, 0.1) is 11.1 Å². The number of rotatable bonds is 4. The molecule has 0 N–H and O–H groups in total. The Hall–Kier alpha value is -0.840. The monoisotopic (exact) mass is 286 g/mol. The molecule has 0 bridgehead atoms. The molecular formula is C12H11ClO2S2. The van der Waals surface area contributed by atoms with Crippen LogP contribution < -0.4 is 0 Å². The molecule has 5 heteroatoms. The van der Waals surface area contributed by atoms with Crippen molar-refractivity contribution in [1.82, 2.24) is 0 Å². The summed E-state index contributed by atoms with van der Waals surface area (Å²) in [6.07, 6.45) is 0. The number of benzene rings is 1. The van der Waals surface area contributed by atoms with E-state index < -0.39 is 15.2 Å². The molecule has 90 valence electrons. The first-order valence-corrected chi connectivity index (χ1v) is 8.02. The zero-order chi connectivity index (χ0) is 12.3. The van der Waals surface area contributed by atoms with Crippen LogP contribution >= 0.6 is 22.9 Å². The van der Waals surface area contributed by atoms with Gasteiger partial charge in [0.25, 0.3) is 0 Å². The maximum atomic E-state index is 12.0. The molecule has 1 aromatic carbocycles. The average molecular weight is 287 g/mol. The summed E-state index contributed by atoms with van der Waals surface area (Å²) in [7, 11) is -3.28. The molecule has 0 aliphatic heterocycles. The van der Waals surface area contributed by atoms with E-state index >= 15 is 0 Å². The number of alkyl halides is 1. The second kappa shape index (κ2) is 5.21. The molecule has 1 heterocycles. The summed E-state index contributed by atoms with van der Waals surface area (Å²) in [6.45, 7) is 0. The van der Waals surface area contributed by atoms with Gasteiger partial charge in [0.2, 0.25) is 0 Å². The summed E-state index contributed by atoms with van der Waals surface area (Å²) in [5.41, 5.74) is 0.828. The fourth-order valence-electron chi connectivity index (χ4n) is 1.47. The second-order valence-electron chi connectivity index (χ2n) is 3.59. The van der Waals surface area contributed by atoms with Gasteiger partial charge in [-0.2, -0.15) is 0 Å². The van der Waals surface area contributed by atoms with E-state index in [-0.39, 0.29) is 5.75 Å². The van der Waals surface area contributed by atoms with Crippen molar-refractivity contribution >= 4 is 32.8 Å². The van der Waals surface area contributed by atoms with Crippen molar-refractivity contribution in [2.45, 2.75) is 9.59 Å². The van der Waals surface area contributed by atoms with Crippen molar-refractivity contribution in [3.8, 4) is 0 Å². The SMILES string of the molecule is O=S(=O)(CC(Cl)c1ccccc1)c1cccs1. The van der Waals surface area contributed by atoms with Crippen molar-refractivity contribution in [3.63, 3.8) is 0 Å². The molecule has 2 rings (SSSR count). The third-order valence-corrected chi connectivity index (χ3v) is 6.15. The Morgan fingerprint density at radius 3 is 2.41 bits per heavy atom. The van der Waals surface area contributed by atoms with Crippen LogP contribution in [0.2, 0.25) is 0 Å². The first kappa shape index (κ1) is 12.6. The van der Waals surface area contributed by atoms with Crippen LogP contribution in [0, 0.1) is 0 Å². The summed E-state index contributed by atoms with van der Waals surface area (Å²) in [5.74, 6) is -0.0704. The molecule has 2 nitrogen and oxygen atoms in total. The van der Waals surface area contributed by atoms with E-state index in [1.807, 2.05) is 30.3 Å². The van der Waals surface area contributed by atoms with Crippen molar-refractivity contribution in [3.05, 3.63) is 53.4 Å². The van der Waals surface area contributed by atoms with Crippen molar-refractivity contribution < 1.29 is 8.42 Å². The largest absolute Gasteiger partial charge is 0.223 e. The van der Waals surface area contributed by atoms with E-state index in [4.69, 9.17) is 11.6 Å². The van der Waals surface area contributed by atoms with Crippen molar-refractivity contribution in [1.29, 1.82) is 0 Å². The fraction of sp³-hybridized carbons (Fsp3) is 0.167. The lowest BCUT2D eigenvalue weighted by Crippen LogP contribution is -2.10. The standard InChI is InChI=1S/C12H11ClO2S2/c13-11(10-5-2-1-3-6-10)9-17(14,15)12-7-4-8-16-12/h1-8,11H,9H2. The Labute approximate surface area is 110 Å². The Kier molecular flexibility index (Phi) is 3.86. The molecule has 17 heavy (non-hydrogen) atoms. The van der Waals surface area contributed by atoms with E-state index in [2.05, 4.69) is 0 Å². The van der Waals surface area contributed by atoms with Gasteiger partial charge in [-0.3, -0.25) is 0 Å². The minimum Gasteiger partial charge on any atom is -0.223 e. The summed E-state index contributed by atoms with van der Waals surface area (Å²) in [5, 5.41) is 1.24. The van der Waals surface area contributed by atoms with Gasteiger partial charge in [0, 0.05) is 0 Å². The molecule has 1 aromatic heterocycles. The normalized spacial score (nSPS) is 13.5. The van der Waals surface area contributed by atoms with Gasteiger partial charge in [-0.1, -0.05) is 36.4 Å². The Balaban J connectivity index is 2.17. The lowest BCUT2D eigenvalue weighted by Gasteiger charge is -2.09. The molecule has 0 amide bonds. The van der Waals surface area contributed by atoms with E-state index in [1.165, 1.54) is 11.3 Å². The third kappa shape index (κ3) is 3.09. The Morgan fingerprint density at radius 2 is 1.82 bits per heavy atom. The highest BCUT2D eigenvalue weighted by atomic mass is 35.5. The topological polar surface area (TPSA) is 34.1 Å². The van der Waals surface area contributed by atoms with Crippen LogP contribution in [0.3, 0.4) is 0 Å². The minimum absolute atomic E-state index is 0.0704. The maximum absolute atomic E-state index is 12.0. The van der Waals surface area contributed by atoms with Crippen LogP contribution in [0.25, 0.3) is 0 Å². The summed E-state index contributed by atoms with van der Waals surface area (Å²) < 4.78 is 24.4. The predicted octanol–water partition coefficient (Wildman–Crippen LogP) is 3.50. The number of halogens is 1. The van der Waals surface area contributed by atoms with Crippen LogP contribution in [-0.4, -0.2) is 14.2 Å². The highest BCUT2D eigenvalue weighted by molar-refractivity contribution is 7.93. The van der Waals surface area contributed by atoms with Crippen molar-refractivity contribution in [2.24, 2.45) is 0 Å². The summed E-state index contributed by atoms with van der Waals surface area (Å²) in [6, 6.07) is 12.6. The second-order valence-corrected chi connectivity index (χ2v) is 7.33. The number of thiophene rings is 1. The van der Waals surface area contributed by atoms with Crippen LogP contribution in [0.1, 0.15) is 10.9 Å². The lowest BCUT2D eigenvalue weighted by molar-refractivity contribution is 0.596. The van der Waals surface area contributed by atoms with Gasteiger partial charge in [0.1, 0.15) is 4.21 Å². The predicted molar refractivity (Wildman–Crippen MR) is 71.4 cm³/mol. The van der Waals surface area contributed by atoms with Gasteiger partial charge in [0.15, 0.2) is 9.84 Å². The maximum Gasteiger partial charge on any atom is 0.189 e. The molecule has 0 aliphatic carbocycles. The molecule has 1 unspecified atom stereocenters.